The molecule has 2 aliphatic rings. The molecular weight excluding hydrogens is 360 g/mol. The second-order valence-electron chi connectivity index (χ2n) is 6.87. The van der Waals surface area contributed by atoms with E-state index in [0.717, 1.165) is 36.7 Å². The van der Waals surface area contributed by atoms with Gasteiger partial charge in [-0.15, -0.1) is 0 Å². The minimum atomic E-state index is -0.214. The van der Waals surface area contributed by atoms with E-state index < -0.39 is 0 Å². The van der Waals surface area contributed by atoms with Crippen molar-refractivity contribution in [2.45, 2.75) is 13.5 Å². The van der Waals surface area contributed by atoms with Gasteiger partial charge in [-0.25, -0.2) is 4.98 Å². The van der Waals surface area contributed by atoms with Gasteiger partial charge in [-0.3, -0.25) is 14.5 Å². The van der Waals surface area contributed by atoms with Gasteiger partial charge in [0, 0.05) is 51.4 Å². The molecule has 1 aromatic heterocycles. The van der Waals surface area contributed by atoms with Gasteiger partial charge in [0.1, 0.15) is 5.82 Å². The van der Waals surface area contributed by atoms with E-state index in [1.165, 1.54) is 13.1 Å². The SMILES string of the molecule is CC(=O)Nc1cc(C(=O)N2CCN(Cc3ccc4c(c3)OCO4)CC2)ccn1. The Labute approximate surface area is 163 Å². The van der Waals surface area contributed by atoms with Crippen LogP contribution in [0.25, 0.3) is 0 Å². The lowest BCUT2D eigenvalue weighted by molar-refractivity contribution is -0.114. The van der Waals surface area contributed by atoms with Crippen LogP contribution in [0.3, 0.4) is 0 Å². The van der Waals surface area contributed by atoms with Crippen molar-refractivity contribution in [3.8, 4) is 11.5 Å². The molecule has 0 bridgehead atoms. The van der Waals surface area contributed by atoms with Gasteiger partial charge >= 0.3 is 0 Å². The van der Waals surface area contributed by atoms with Crippen LogP contribution in [0.5, 0.6) is 11.5 Å². The number of carbonyl (C=O) groups is 2. The number of fused-ring (bicyclic) bond motifs is 1. The summed E-state index contributed by atoms with van der Waals surface area (Å²) in [6.45, 7) is 5.39. The summed E-state index contributed by atoms with van der Waals surface area (Å²) in [5.74, 6) is 1.71. The number of anilines is 1. The maximum atomic E-state index is 12.8. The van der Waals surface area contributed by atoms with Crippen LogP contribution >= 0.6 is 0 Å². The predicted molar refractivity (Wildman–Crippen MR) is 102 cm³/mol. The highest BCUT2D eigenvalue weighted by molar-refractivity contribution is 5.96. The average molecular weight is 382 g/mol. The number of benzene rings is 1. The topological polar surface area (TPSA) is 84.0 Å². The molecule has 0 unspecified atom stereocenters. The number of ether oxygens (including phenoxy) is 2. The molecule has 2 aliphatic heterocycles. The molecule has 1 saturated heterocycles. The number of hydrogen-bond acceptors (Lipinski definition) is 6. The van der Waals surface area contributed by atoms with Crippen molar-refractivity contribution in [1.82, 2.24) is 14.8 Å². The third kappa shape index (κ3) is 4.07. The van der Waals surface area contributed by atoms with E-state index in [1.807, 2.05) is 23.1 Å². The molecule has 8 nitrogen and oxygen atoms in total. The summed E-state index contributed by atoms with van der Waals surface area (Å²) in [5.41, 5.74) is 1.70. The van der Waals surface area contributed by atoms with Crippen molar-refractivity contribution < 1.29 is 19.1 Å². The van der Waals surface area contributed by atoms with Gasteiger partial charge < -0.3 is 19.7 Å². The Morgan fingerprint density at radius 2 is 1.86 bits per heavy atom. The number of nitrogens with zero attached hydrogens (tertiary/aromatic N) is 3. The maximum absolute atomic E-state index is 12.8. The van der Waals surface area contributed by atoms with Gasteiger partial charge in [-0.2, -0.15) is 0 Å². The first-order valence-electron chi connectivity index (χ1n) is 9.22. The zero-order valence-corrected chi connectivity index (χ0v) is 15.7. The van der Waals surface area contributed by atoms with Crippen LogP contribution in [0, 0.1) is 0 Å². The molecule has 1 fully saturated rings. The summed E-state index contributed by atoms with van der Waals surface area (Å²) in [6, 6.07) is 9.29. The molecule has 2 amide bonds. The normalized spacial score (nSPS) is 16.1. The number of pyridine rings is 1. The number of hydrogen-bond donors (Lipinski definition) is 1. The van der Waals surface area contributed by atoms with Gasteiger partial charge in [0.25, 0.3) is 5.91 Å². The van der Waals surface area contributed by atoms with Gasteiger partial charge in [0.05, 0.1) is 0 Å². The first-order valence-corrected chi connectivity index (χ1v) is 9.22. The van der Waals surface area contributed by atoms with Crippen LogP contribution in [-0.4, -0.2) is 59.6 Å². The summed E-state index contributed by atoms with van der Waals surface area (Å²) in [4.78, 5) is 32.2. The molecule has 0 spiro atoms. The molecule has 1 aromatic carbocycles. The molecule has 0 atom stereocenters. The molecule has 28 heavy (non-hydrogen) atoms. The van der Waals surface area contributed by atoms with Crippen LogP contribution < -0.4 is 14.8 Å². The molecule has 3 heterocycles. The van der Waals surface area contributed by atoms with Gasteiger partial charge in [0.15, 0.2) is 11.5 Å². The van der Waals surface area contributed by atoms with Crippen molar-refractivity contribution in [3.63, 3.8) is 0 Å². The molecule has 4 rings (SSSR count). The number of carbonyl (C=O) groups excluding carboxylic acids is 2. The number of aromatic nitrogens is 1. The molecule has 0 aliphatic carbocycles. The summed E-state index contributed by atoms with van der Waals surface area (Å²) in [5, 5.41) is 2.61. The fourth-order valence-corrected chi connectivity index (χ4v) is 3.40. The Morgan fingerprint density at radius 3 is 2.64 bits per heavy atom. The quantitative estimate of drug-likeness (QED) is 0.867. The fourth-order valence-electron chi connectivity index (χ4n) is 3.40. The van der Waals surface area contributed by atoms with Crippen LogP contribution in [0.2, 0.25) is 0 Å². The summed E-state index contributed by atoms with van der Waals surface area (Å²) >= 11 is 0. The van der Waals surface area contributed by atoms with Gasteiger partial charge in [-0.05, 0) is 29.8 Å². The third-order valence-corrected chi connectivity index (χ3v) is 4.81. The zero-order valence-electron chi connectivity index (χ0n) is 15.7. The third-order valence-electron chi connectivity index (χ3n) is 4.81. The van der Waals surface area contributed by atoms with Crippen LogP contribution in [0.1, 0.15) is 22.8 Å². The minimum absolute atomic E-state index is 0.0447. The Morgan fingerprint density at radius 1 is 1.07 bits per heavy atom. The highest BCUT2D eigenvalue weighted by atomic mass is 16.7. The van der Waals surface area contributed by atoms with Crippen molar-refractivity contribution in [2.75, 3.05) is 38.3 Å². The van der Waals surface area contributed by atoms with Crippen LogP contribution in [0.15, 0.2) is 36.5 Å². The van der Waals surface area contributed by atoms with E-state index in [1.54, 1.807) is 12.1 Å². The largest absolute Gasteiger partial charge is 0.454 e. The number of amides is 2. The second-order valence-corrected chi connectivity index (χ2v) is 6.87. The number of nitrogens with one attached hydrogen (secondary N) is 1. The molecule has 146 valence electrons. The Kier molecular flexibility index (Phi) is 5.12. The molecular formula is C20H22N4O4. The maximum Gasteiger partial charge on any atom is 0.254 e. The summed E-state index contributed by atoms with van der Waals surface area (Å²) in [6.07, 6.45) is 1.54. The molecule has 1 N–H and O–H groups in total. The molecule has 0 saturated carbocycles. The van der Waals surface area contributed by atoms with E-state index in [0.29, 0.717) is 24.5 Å². The minimum Gasteiger partial charge on any atom is -0.454 e. The number of rotatable bonds is 4. The van der Waals surface area contributed by atoms with Crippen molar-refractivity contribution in [2.24, 2.45) is 0 Å². The standard InChI is InChI=1S/C20H22N4O4/c1-14(25)22-19-11-16(4-5-21-19)20(26)24-8-6-23(7-9-24)12-15-2-3-17-18(10-15)28-13-27-17/h2-5,10-11H,6-9,12-13H2,1H3,(H,21,22,25). The molecule has 8 heteroatoms. The second kappa shape index (κ2) is 7.85. The Balaban J connectivity index is 1.33. The monoisotopic (exact) mass is 382 g/mol. The lowest BCUT2D eigenvalue weighted by atomic mass is 10.1. The molecule has 2 aromatic rings. The van der Waals surface area contributed by atoms with E-state index in [9.17, 15) is 9.59 Å². The fraction of sp³-hybridized carbons (Fsp3) is 0.350. The van der Waals surface area contributed by atoms with E-state index >= 15 is 0 Å². The lowest BCUT2D eigenvalue weighted by Crippen LogP contribution is -2.48. The summed E-state index contributed by atoms with van der Waals surface area (Å²) < 4.78 is 10.8. The van der Waals surface area contributed by atoms with Crippen LogP contribution in [-0.2, 0) is 11.3 Å². The smallest absolute Gasteiger partial charge is 0.254 e. The highest BCUT2D eigenvalue weighted by Gasteiger charge is 2.23. The Hall–Kier alpha value is -3.13. The van der Waals surface area contributed by atoms with Gasteiger partial charge in [0.2, 0.25) is 12.7 Å². The van der Waals surface area contributed by atoms with Crippen molar-refractivity contribution in [3.05, 3.63) is 47.7 Å². The average Bonchev–Trinajstić information content (AvgIpc) is 3.15. The zero-order chi connectivity index (χ0) is 19.5. The van der Waals surface area contributed by atoms with Gasteiger partial charge in [-0.1, -0.05) is 6.07 Å². The van der Waals surface area contributed by atoms with E-state index in [4.69, 9.17) is 9.47 Å². The lowest BCUT2D eigenvalue weighted by Gasteiger charge is -2.34. The van der Waals surface area contributed by atoms with E-state index in [-0.39, 0.29) is 18.6 Å². The molecule has 0 radical (unpaired) electrons. The predicted octanol–water partition coefficient (Wildman–Crippen LogP) is 1.73. The van der Waals surface area contributed by atoms with Crippen LogP contribution in [0.4, 0.5) is 5.82 Å². The van der Waals surface area contributed by atoms with Crippen molar-refractivity contribution >= 4 is 17.6 Å². The first-order chi connectivity index (χ1) is 13.6. The number of piperazine rings is 1. The summed E-state index contributed by atoms with van der Waals surface area (Å²) in [7, 11) is 0. The first kappa shape index (κ1) is 18.2. The highest BCUT2D eigenvalue weighted by Crippen LogP contribution is 2.32. The Bertz CT molecular complexity index is 894. The van der Waals surface area contributed by atoms with E-state index in [2.05, 4.69) is 15.2 Å². The van der Waals surface area contributed by atoms with Crippen molar-refractivity contribution in [1.29, 1.82) is 0 Å².